The molecule has 1 heteroatoms. The lowest BCUT2D eigenvalue weighted by Crippen LogP contribution is -2.61. The van der Waals surface area contributed by atoms with E-state index in [0.29, 0.717) is 10.8 Å². The zero-order chi connectivity index (χ0) is 21.0. The Labute approximate surface area is 181 Å². The van der Waals surface area contributed by atoms with E-state index >= 15 is 0 Å². The first kappa shape index (κ1) is 21.7. The molecule has 0 bridgehead atoms. The molecule has 2 N–H and O–H groups in total. The fourth-order valence-electron chi connectivity index (χ4n) is 9.49. The van der Waals surface area contributed by atoms with Gasteiger partial charge in [0.25, 0.3) is 0 Å². The van der Waals surface area contributed by atoms with Crippen molar-refractivity contribution in [1.29, 1.82) is 0 Å². The summed E-state index contributed by atoms with van der Waals surface area (Å²) in [5.74, 6) is 5.41. The van der Waals surface area contributed by atoms with E-state index in [1.165, 1.54) is 69.8 Å². The molecule has 4 saturated carbocycles. The Hall–Kier alpha value is -0.560. The Balaban J connectivity index is 0.000000472. The van der Waals surface area contributed by atoms with Crippen LogP contribution in [0.25, 0.3) is 0 Å². The molecule has 164 valence electrons. The Bertz CT molecular complexity index is 659. The van der Waals surface area contributed by atoms with Gasteiger partial charge in [0.2, 0.25) is 0 Å². The van der Waals surface area contributed by atoms with Crippen LogP contribution in [0.15, 0.2) is 24.3 Å². The van der Waals surface area contributed by atoms with Crippen molar-refractivity contribution < 1.29 is 0 Å². The second-order valence-corrected chi connectivity index (χ2v) is 12.5. The summed E-state index contributed by atoms with van der Waals surface area (Å²) in [6.45, 7) is 15.4. The predicted molar refractivity (Wildman–Crippen MR) is 126 cm³/mol. The van der Waals surface area contributed by atoms with Gasteiger partial charge in [-0.15, -0.1) is 6.58 Å². The second kappa shape index (κ2) is 7.54. The van der Waals surface area contributed by atoms with Crippen LogP contribution in [0.4, 0.5) is 0 Å². The first-order chi connectivity index (χ1) is 13.6. The minimum atomic E-state index is 0.216. The maximum Gasteiger partial charge on any atom is 0.0185 e. The van der Waals surface area contributed by atoms with Gasteiger partial charge in [-0.2, -0.15) is 0 Å². The molecule has 0 heterocycles. The predicted octanol–water partition coefficient (Wildman–Crippen LogP) is 7.52. The molecule has 5 aliphatic rings. The smallest absolute Gasteiger partial charge is 0.0185 e. The molecule has 0 aromatic heterocycles. The van der Waals surface area contributed by atoms with Crippen LogP contribution >= 0.6 is 0 Å². The van der Waals surface area contributed by atoms with Crippen molar-refractivity contribution in [2.75, 3.05) is 0 Å². The molecule has 0 spiro atoms. The summed E-state index contributed by atoms with van der Waals surface area (Å²) in [5, 5.41) is 0. The first-order valence-corrected chi connectivity index (χ1v) is 12.7. The lowest BCUT2D eigenvalue weighted by Gasteiger charge is -2.66. The molecule has 1 nitrogen and oxygen atoms in total. The Morgan fingerprint density at radius 1 is 0.897 bits per heavy atom. The van der Waals surface area contributed by atoms with E-state index in [2.05, 4.69) is 39.5 Å². The van der Waals surface area contributed by atoms with E-state index in [4.69, 9.17) is 5.73 Å². The standard InChI is InChI=1S/C24H39N.C4H8/c1-16-6-4-12-22(2)18(16)10-14-23(3)19-11-15-24(25)13-5-7-20(24)17(19)8-9-21(22)23;1-4(2)3/h4,6,16-21H,5,7-15,25H2,1-3H3;1H2,2-3H3/t16?,17?,18?,19?,20-,21?,22?,23?,24?;/m1./s1. The third-order valence-corrected chi connectivity index (χ3v) is 10.6. The average Bonchev–Trinajstić information content (AvgIpc) is 3.02. The zero-order valence-corrected chi connectivity index (χ0v) is 20.0. The van der Waals surface area contributed by atoms with Crippen molar-refractivity contribution in [2.45, 2.75) is 104 Å². The lowest BCUT2D eigenvalue weighted by molar-refractivity contribution is -0.163. The van der Waals surface area contributed by atoms with Gasteiger partial charge in [0.15, 0.2) is 0 Å². The molecule has 0 saturated heterocycles. The normalized spacial score (nSPS) is 52.9. The van der Waals surface area contributed by atoms with Crippen molar-refractivity contribution >= 4 is 0 Å². The third-order valence-electron chi connectivity index (χ3n) is 10.6. The van der Waals surface area contributed by atoms with Crippen molar-refractivity contribution in [3.05, 3.63) is 24.3 Å². The van der Waals surface area contributed by atoms with E-state index in [1.54, 1.807) is 0 Å². The summed E-state index contributed by atoms with van der Waals surface area (Å²) in [6, 6.07) is 0. The van der Waals surface area contributed by atoms with E-state index in [0.717, 1.165) is 35.5 Å². The zero-order valence-electron chi connectivity index (χ0n) is 20.0. The highest BCUT2D eigenvalue weighted by molar-refractivity contribution is 5.17. The summed E-state index contributed by atoms with van der Waals surface area (Å²) >= 11 is 0. The first-order valence-electron chi connectivity index (χ1n) is 12.7. The summed E-state index contributed by atoms with van der Waals surface area (Å²) < 4.78 is 0. The van der Waals surface area contributed by atoms with Crippen molar-refractivity contribution in [3.8, 4) is 0 Å². The molecule has 0 aromatic rings. The Kier molecular flexibility index (Phi) is 5.63. The summed E-state index contributed by atoms with van der Waals surface area (Å²) in [4.78, 5) is 0. The van der Waals surface area contributed by atoms with Gasteiger partial charge in [-0.1, -0.05) is 44.9 Å². The van der Waals surface area contributed by atoms with E-state index in [-0.39, 0.29) is 5.54 Å². The molecular formula is C28H47N. The van der Waals surface area contributed by atoms with Crippen LogP contribution in [0.3, 0.4) is 0 Å². The Morgan fingerprint density at radius 3 is 2.31 bits per heavy atom. The van der Waals surface area contributed by atoms with E-state index in [9.17, 15) is 0 Å². The number of fused-ring (bicyclic) bond motifs is 7. The molecule has 5 rings (SSSR count). The number of rotatable bonds is 0. The lowest BCUT2D eigenvalue weighted by atomic mass is 9.39. The minimum Gasteiger partial charge on any atom is -0.325 e. The van der Waals surface area contributed by atoms with Crippen LogP contribution < -0.4 is 5.73 Å². The largest absolute Gasteiger partial charge is 0.325 e. The van der Waals surface area contributed by atoms with Crippen LogP contribution in [0.2, 0.25) is 0 Å². The Morgan fingerprint density at radius 2 is 1.59 bits per heavy atom. The topological polar surface area (TPSA) is 26.0 Å². The fourth-order valence-corrected chi connectivity index (χ4v) is 9.49. The quantitative estimate of drug-likeness (QED) is 0.420. The molecular weight excluding hydrogens is 350 g/mol. The average molecular weight is 398 g/mol. The number of hydrogen-bond acceptors (Lipinski definition) is 1. The van der Waals surface area contributed by atoms with Crippen molar-refractivity contribution in [2.24, 2.45) is 52.1 Å². The number of allylic oxidation sites excluding steroid dienone is 3. The number of hydrogen-bond donors (Lipinski definition) is 1. The van der Waals surface area contributed by atoms with E-state index < -0.39 is 0 Å². The highest BCUT2D eigenvalue weighted by Gasteiger charge is 2.63. The van der Waals surface area contributed by atoms with Crippen LogP contribution in [-0.4, -0.2) is 5.54 Å². The van der Waals surface area contributed by atoms with Gasteiger partial charge in [0, 0.05) is 5.54 Å². The molecule has 29 heavy (non-hydrogen) atoms. The van der Waals surface area contributed by atoms with Gasteiger partial charge >= 0.3 is 0 Å². The summed E-state index contributed by atoms with van der Waals surface area (Å²) in [6.07, 6.45) is 19.2. The highest BCUT2D eigenvalue weighted by Crippen LogP contribution is 2.69. The molecule has 0 aromatic carbocycles. The van der Waals surface area contributed by atoms with Crippen molar-refractivity contribution in [3.63, 3.8) is 0 Å². The highest BCUT2D eigenvalue weighted by atomic mass is 14.8. The molecule has 4 fully saturated rings. The SMILES string of the molecule is C=C(C)C.CC1C=CCC2(C)C1CCC1(C)C3CCC4(N)CCC[C@@H]4C3CCC21. The van der Waals surface area contributed by atoms with Crippen LogP contribution in [0.1, 0.15) is 98.8 Å². The maximum atomic E-state index is 6.92. The number of nitrogens with two attached hydrogens (primary N) is 1. The van der Waals surface area contributed by atoms with Crippen molar-refractivity contribution in [1.82, 2.24) is 0 Å². The molecule has 0 radical (unpaired) electrons. The summed E-state index contributed by atoms with van der Waals surface area (Å²) in [5.41, 5.74) is 9.45. The van der Waals surface area contributed by atoms with Gasteiger partial charge in [0.1, 0.15) is 0 Å². The van der Waals surface area contributed by atoms with Gasteiger partial charge in [-0.25, -0.2) is 0 Å². The molecule has 5 aliphatic carbocycles. The monoisotopic (exact) mass is 397 g/mol. The van der Waals surface area contributed by atoms with Gasteiger partial charge in [-0.3, -0.25) is 0 Å². The van der Waals surface area contributed by atoms with Crippen LogP contribution in [0.5, 0.6) is 0 Å². The van der Waals surface area contributed by atoms with Gasteiger partial charge in [-0.05, 0) is 118 Å². The van der Waals surface area contributed by atoms with E-state index in [1.807, 2.05) is 13.8 Å². The third kappa shape index (κ3) is 3.38. The molecule has 0 aliphatic heterocycles. The summed E-state index contributed by atoms with van der Waals surface area (Å²) in [7, 11) is 0. The molecule has 0 amide bonds. The van der Waals surface area contributed by atoms with Gasteiger partial charge in [0.05, 0.1) is 0 Å². The minimum absolute atomic E-state index is 0.216. The van der Waals surface area contributed by atoms with Gasteiger partial charge < -0.3 is 5.73 Å². The second-order valence-electron chi connectivity index (χ2n) is 12.5. The fraction of sp³-hybridized carbons (Fsp3) is 0.857. The van der Waals surface area contributed by atoms with Crippen LogP contribution in [-0.2, 0) is 0 Å². The van der Waals surface area contributed by atoms with Crippen LogP contribution in [0, 0.1) is 46.3 Å². The molecule has 8 unspecified atom stereocenters. The maximum absolute atomic E-state index is 6.92. The molecule has 9 atom stereocenters.